The molecule has 2 N–H and O–H groups in total. The fourth-order valence-electron chi connectivity index (χ4n) is 1.82. The van der Waals surface area contributed by atoms with Gasteiger partial charge in [-0.1, -0.05) is 23.2 Å². The molecule has 4 nitrogen and oxygen atoms in total. The first-order chi connectivity index (χ1) is 8.88. The van der Waals surface area contributed by atoms with E-state index in [9.17, 15) is 4.79 Å². The van der Waals surface area contributed by atoms with Gasteiger partial charge in [-0.25, -0.2) is 0 Å². The molecule has 0 atom stereocenters. The second-order valence-electron chi connectivity index (χ2n) is 4.52. The number of hydrogen-bond acceptors (Lipinski definition) is 2. The summed E-state index contributed by atoms with van der Waals surface area (Å²) in [6.45, 7) is 3.96. The van der Waals surface area contributed by atoms with E-state index in [1.54, 1.807) is 16.7 Å². The molecule has 0 saturated carbocycles. The van der Waals surface area contributed by atoms with E-state index in [2.05, 4.69) is 10.3 Å². The van der Waals surface area contributed by atoms with E-state index in [0.29, 0.717) is 14.8 Å². The van der Waals surface area contributed by atoms with Crippen LogP contribution in [0.4, 0.5) is 0 Å². The first-order valence-electron chi connectivity index (χ1n) is 5.75. The van der Waals surface area contributed by atoms with E-state index in [0.717, 1.165) is 11.0 Å². The van der Waals surface area contributed by atoms with Crippen LogP contribution in [0.3, 0.4) is 0 Å². The molecule has 0 aliphatic rings. The average molecular weight is 318 g/mol. The third kappa shape index (κ3) is 3.11. The van der Waals surface area contributed by atoms with Crippen LogP contribution in [0.15, 0.2) is 12.1 Å². The number of H-pyrrole nitrogens is 1. The van der Waals surface area contributed by atoms with Gasteiger partial charge in [-0.05, 0) is 38.2 Å². The summed E-state index contributed by atoms with van der Waals surface area (Å²) in [5.41, 5.74) is 1.52. The van der Waals surface area contributed by atoms with Gasteiger partial charge in [0.2, 0.25) is 5.91 Å². The fourth-order valence-corrected chi connectivity index (χ4v) is 2.41. The van der Waals surface area contributed by atoms with E-state index in [-0.39, 0.29) is 18.5 Å². The second kappa shape index (κ2) is 5.53. The standard InChI is InChI=1S/C12H13Cl2N3OS/c1-6(2)15-11(18)5-17-10-4-8(14)7(13)3-9(10)16-12(17)19/h3-4,6H,5H2,1-2H3,(H,15,18)(H,16,19). The predicted octanol–water partition coefficient (Wildman–Crippen LogP) is 3.53. The van der Waals surface area contributed by atoms with Crippen LogP contribution in [0.2, 0.25) is 10.0 Å². The minimum Gasteiger partial charge on any atom is -0.352 e. The number of hydrogen-bond donors (Lipinski definition) is 2. The number of benzene rings is 1. The van der Waals surface area contributed by atoms with Gasteiger partial charge in [0.25, 0.3) is 0 Å². The fraction of sp³-hybridized carbons (Fsp3) is 0.333. The van der Waals surface area contributed by atoms with E-state index in [4.69, 9.17) is 35.4 Å². The van der Waals surface area contributed by atoms with Crippen LogP contribution in [-0.4, -0.2) is 21.5 Å². The Morgan fingerprint density at radius 3 is 2.68 bits per heavy atom. The number of nitrogens with zero attached hydrogens (tertiary/aromatic N) is 1. The summed E-state index contributed by atoms with van der Waals surface area (Å²) in [7, 11) is 0. The molecule has 1 aromatic carbocycles. The van der Waals surface area contributed by atoms with Crippen LogP contribution in [0, 0.1) is 4.77 Å². The van der Waals surface area contributed by atoms with Gasteiger partial charge in [-0.15, -0.1) is 0 Å². The first-order valence-corrected chi connectivity index (χ1v) is 6.92. The number of aromatic amines is 1. The Bertz CT molecular complexity index is 690. The molecule has 1 heterocycles. The number of carbonyl (C=O) groups excluding carboxylic acids is 1. The van der Waals surface area contributed by atoms with Crippen LogP contribution in [0.25, 0.3) is 11.0 Å². The number of halogens is 2. The van der Waals surface area contributed by atoms with E-state index in [1.165, 1.54) is 0 Å². The van der Waals surface area contributed by atoms with Crippen molar-refractivity contribution >= 4 is 52.4 Å². The lowest BCUT2D eigenvalue weighted by molar-refractivity contribution is -0.122. The molecule has 0 aliphatic carbocycles. The summed E-state index contributed by atoms with van der Waals surface area (Å²) in [6, 6.07) is 3.49. The largest absolute Gasteiger partial charge is 0.352 e. The molecule has 0 spiro atoms. The molecule has 0 bridgehead atoms. The predicted molar refractivity (Wildman–Crippen MR) is 80.4 cm³/mol. The highest BCUT2D eigenvalue weighted by Gasteiger charge is 2.11. The molecule has 102 valence electrons. The van der Waals surface area contributed by atoms with Gasteiger partial charge >= 0.3 is 0 Å². The van der Waals surface area contributed by atoms with Crippen molar-refractivity contribution in [1.29, 1.82) is 0 Å². The van der Waals surface area contributed by atoms with Gasteiger partial charge in [0.1, 0.15) is 6.54 Å². The summed E-state index contributed by atoms with van der Waals surface area (Å²) in [5, 5.41) is 3.70. The molecular weight excluding hydrogens is 305 g/mol. The summed E-state index contributed by atoms with van der Waals surface area (Å²) in [5.74, 6) is -0.0990. The minimum atomic E-state index is -0.0990. The lowest BCUT2D eigenvalue weighted by Crippen LogP contribution is -2.33. The van der Waals surface area contributed by atoms with Crippen molar-refractivity contribution in [3.8, 4) is 0 Å². The molecule has 1 aromatic heterocycles. The Morgan fingerprint density at radius 1 is 1.42 bits per heavy atom. The summed E-state index contributed by atoms with van der Waals surface area (Å²) in [6.07, 6.45) is 0. The third-order valence-electron chi connectivity index (χ3n) is 2.57. The molecule has 0 saturated heterocycles. The summed E-state index contributed by atoms with van der Waals surface area (Å²) in [4.78, 5) is 14.8. The molecule has 0 fully saturated rings. The van der Waals surface area contributed by atoms with Crippen molar-refractivity contribution in [3.63, 3.8) is 0 Å². The van der Waals surface area contributed by atoms with Crippen molar-refractivity contribution < 1.29 is 4.79 Å². The summed E-state index contributed by atoms with van der Waals surface area (Å²) < 4.78 is 2.16. The Balaban J connectivity index is 2.43. The molecule has 2 aromatic rings. The molecule has 0 unspecified atom stereocenters. The maximum atomic E-state index is 11.8. The number of imidazole rings is 1. The SMILES string of the molecule is CC(C)NC(=O)Cn1c(=S)[nH]c2cc(Cl)c(Cl)cc21. The van der Waals surface area contributed by atoms with Crippen molar-refractivity contribution in [3.05, 3.63) is 26.9 Å². The lowest BCUT2D eigenvalue weighted by atomic mass is 10.3. The summed E-state index contributed by atoms with van der Waals surface area (Å²) >= 11 is 17.2. The number of rotatable bonds is 3. The normalized spacial score (nSPS) is 11.2. The maximum absolute atomic E-state index is 11.8. The van der Waals surface area contributed by atoms with Gasteiger partial charge in [0.15, 0.2) is 4.77 Å². The molecule has 19 heavy (non-hydrogen) atoms. The third-order valence-corrected chi connectivity index (χ3v) is 3.61. The van der Waals surface area contributed by atoms with Gasteiger partial charge in [0.05, 0.1) is 21.1 Å². The minimum absolute atomic E-state index is 0.0879. The topological polar surface area (TPSA) is 49.8 Å². The Labute approximate surface area is 125 Å². The van der Waals surface area contributed by atoms with Gasteiger partial charge in [0, 0.05) is 6.04 Å². The zero-order chi connectivity index (χ0) is 14.2. The van der Waals surface area contributed by atoms with E-state index < -0.39 is 0 Å². The van der Waals surface area contributed by atoms with Crippen molar-refractivity contribution in [2.75, 3.05) is 0 Å². The smallest absolute Gasteiger partial charge is 0.240 e. The molecule has 2 rings (SSSR count). The Morgan fingerprint density at radius 2 is 2.05 bits per heavy atom. The quantitative estimate of drug-likeness (QED) is 0.851. The molecule has 7 heteroatoms. The highest BCUT2D eigenvalue weighted by molar-refractivity contribution is 7.71. The number of carbonyl (C=O) groups is 1. The van der Waals surface area contributed by atoms with Crippen LogP contribution in [-0.2, 0) is 11.3 Å². The highest BCUT2D eigenvalue weighted by atomic mass is 35.5. The number of nitrogens with one attached hydrogen (secondary N) is 2. The van der Waals surface area contributed by atoms with Crippen LogP contribution >= 0.6 is 35.4 Å². The number of fused-ring (bicyclic) bond motifs is 1. The first kappa shape index (κ1) is 14.4. The van der Waals surface area contributed by atoms with Gasteiger partial charge in [-0.2, -0.15) is 0 Å². The Hall–Kier alpha value is -1.04. The molecular formula is C12H13Cl2N3OS. The van der Waals surface area contributed by atoms with Crippen molar-refractivity contribution in [2.24, 2.45) is 0 Å². The van der Waals surface area contributed by atoms with Crippen LogP contribution < -0.4 is 5.32 Å². The number of amides is 1. The average Bonchev–Trinajstić information content (AvgIpc) is 2.56. The van der Waals surface area contributed by atoms with Crippen LogP contribution in [0.5, 0.6) is 0 Å². The van der Waals surface area contributed by atoms with Crippen LogP contribution in [0.1, 0.15) is 13.8 Å². The van der Waals surface area contributed by atoms with E-state index >= 15 is 0 Å². The van der Waals surface area contributed by atoms with Gasteiger partial charge < -0.3 is 14.9 Å². The van der Waals surface area contributed by atoms with Crippen molar-refractivity contribution in [1.82, 2.24) is 14.9 Å². The number of aromatic nitrogens is 2. The molecule has 1 amide bonds. The zero-order valence-corrected chi connectivity index (χ0v) is 12.8. The Kier molecular flexibility index (Phi) is 4.18. The maximum Gasteiger partial charge on any atom is 0.240 e. The zero-order valence-electron chi connectivity index (χ0n) is 10.5. The second-order valence-corrected chi connectivity index (χ2v) is 5.72. The molecule has 0 aliphatic heterocycles. The lowest BCUT2D eigenvalue weighted by Gasteiger charge is -2.09. The highest BCUT2D eigenvalue weighted by Crippen LogP contribution is 2.27. The molecule has 0 radical (unpaired) electrons. The monoisotopic (exact) mass is 317 g/mol. The van der Waals surface area contributed by atoms with Gasteiger partial charge in [-0.3, -0.25) is 4.79 Å². The van der Waals surface area contributed by atoms with Crippen molar-refractivity contribution in [2.45, 2.75) is 26.4 Å². The van der Waals surface area contributed by atoms with E-state index in [1.807, 2.05) is 13.8 Å².